The molecular formula is C47H28N4S. The second-order valence-electron chi connectivity index (χ2n) is 13.2. The molecule has 5 heteroatoms. The monoisotopic (exact) mass is 680 g/mol. The number of hydrogen-bond acceptors (Lipinski definition) is 4. The number of para-hydroxylation sites is 1. The second-order valence-corrected chi connectivity index (χ2v) is 14.3. The van der Waals surface area contributed by atoms with Gasteiger partial charge in [0.05, 0.1) is 22.3 Å². The lowest BCUT2D eigenvalue weighted by molar-refractivity contribution is 1.07. The number of nitrogens with zero attached hydrogens (tertiary/aromatic N) is 4. The van der Waals surface area contributed by atoms with Gasteiger partial charge in [0.15, 0.2) is 17.5 Å². The summed E-state index contributed by atoms with van der Waals surface area (Å²) in [5, 5.41) is 9.52. The molecule has 3 aromatic heterocycles. The molecule has 0 bridgehead atoms. The van der Waals surface area contributed by atoms with Crippen molar-refractivity contribution in [2.45, 2.75) is 0 Å². The molecule has 4 nitrogen and oxygen atoms in total. The van der Waals surface area contributed by atoms with Gasteiger partial charge in [0.25, 0.3) is 0 Å². The highest BCUT2D eigenvalue weighted by Gasteiger charge is 2.22. The van der Waals surface area contributed by atoms with Gasteiger partial charge in [-0.05, 0) is 57.9 Å². The maximum Gasteiger partial charge on any atom is 0.166 e. The molecule has 0 unspecified atom stereocenters. The van der Waals surface area contributed by atoms with Crippen LogP contribution < -0.4 is 0 Å². The van der Waals surface area contributed by atoms with E-state index in [0.29, 0.717) is 17.5 Å². The summed E-state index contributed by atoms with van der Waals surface area (Å²) >= 11 is 1.79. The van der Waals surface area contributed by atoms with Gasteiger partial charge in [-0.15, -0.1) is 11.3 Å². The van der Waals surface area contributed by atoms with E-state index in [1.807, 2.05) is 18.2 Å². The van der Waals surface area contributed by atoms with Crippen molar-refractivity contribution in [3.63, 3.8) is 0 Å². The third-order valence-corrected chi connectivity index (χ3v) is 11.4. The normalized spacial score (nSPS) is 11.8. The molecule has 0 N–H and O–H groups in total. The first-order chi connectivity index (χ1) is 25.8. The first-order valence-electron chi connectivity index (χ1n) is 17.5. The largest absolute Gasteiger partial charge is 0.308 e. The Labute approximate surface area is 302 Å². The zero-order chi connectivity index (χ0) is 34.2. The van der Waals surface area contributed by atoms with E-state index in [4.69, 9.17) is 15.0 Å². The van der Waals surface area contributed by atoms with Gasteiger partial charge in [0.2, 0.25) is 0 Å². The van der Waals surface area contributed by atoms with Gasteiger partial charge in [0, 0.05) is 42.1 Å². The Balaban J connectivity index is 1.26. The number of fused-ring (bicyclic) bond motifs is 8. The fourth-order valence-corrected chi connectivity index (χ4v) is 9.06. The number of hydrogen-bond donors (Lipinski definition) is 0. The van der Waals surface area contributed by atoms with Crippen molar-refractivity contribution >= 4 is 74.9 Å². The first-order valence-corrected chi connectivity index (χ1v) is 18.3. The number of rotatable bonds is 4. The molecule has 0 spiro atoms. The van der Waals surface area contributed by atoms with Crippen molar-refractivity contribution in [1.29, 1.82) is 0 Å². The first kappa shape index (κ1) is 29.1. The SMILES string of the molecule is c1ccc(-c2nc(-c3c(-n4c5ccccc5c5cc6ccccc6cc54)ccc4ccccc34)nc(-c3cccc4c3sc3ccccc34)n2)cc1. The maximum atomic E-state index is 5.42. The van der Waals surface area contributed by atoms with Gasteiger partial charge in [0.1, 0.15) is 0 Å². The summed E-state index contributed by atoms with van der Waals surface area (Å²) in [7, 11) is 0. The minimum atomic E-state index is 0.639. The highest BCUT2D eigenvalue weighted by molar-refractivity contribution is 7.26. The van der Waals surface area contributed by atoms with Gasteiger partial charge < -0.3 is 4.57 Å². The Morgan fingerprint density at radius 1 is 0.404 bits per heavy atom. The molecule has 11 rings (SSSR count). The second kappa shape index (κ2) is 11.4. The van der Waals surface area contributed by atoms with Gasteiger partial charge in [-0.25, -0.2) is 15.0 Å². The van der Waals surface area contributed by atoms with Crippen LogP contribution in [0.1, 0.15) is 0 Å². The Hall–Kier alpha value is -6.69. The summed E-state index contributed by atoms with van der Waals surface area (Å²) in [6, 6.07) is 60.3. The Bertz CT molecular complexity index is 3190. The highest BCUT2D eigenvalue weighted by atomic mass is 32.1. The molecular weight excluding hydrogens is 653 g/mol. The van der Waals surface area contributed by atoms with Crippen molar-refractivity contribution in [1.82, 2.24) is 19.5 Å². The lowest BCUT2D eigenvalue weighted by atomic mass is 10.0. The van der Waals surface area contributed by atoms with Crippen LogP contribution in [0.3, 0.4) is 0 Å². The third kappa shape index (κ3) is 4.43. The van der Waals surface area contributed by atoms with Crippen LogP contribution in [0.25, 0.3) is 103 Å². The number of benzene rings is 8. The molecule has 11 aromatic rings. The lowest BCUT2D eigenvalue weighted by Gasteiger charge is -2.17. The quantitative estimate of drug-likeness (QED) is 0.186. The fraction of sp³-hybridized carbons (Fsp3) is 0. The third-order valence-electron chi connectivity index (χ3n) is 10.2. The van der Waals surface area contributed by atoms with Crippen molar-refractivity contribution in [3.8, 4) is 39.9 Å². The molecule has 52 heavy (non-hydrogen) atoms. The average molecular weight is 681 g/mol. The Kier molecular flexibility index (Phi) is 6.39. The summed E-state index contributed by atoms with van der Waals surface area (Å²) in [6.07, 6.45) is 0. The molecule has 0 atom stereocenters. The predicted molar refractivity (Wildman–Crippen MR) is 218 cm³/mol. The van der Waals surface area contributed by atoms with Crippen molar-refractivity contribution < 1.29 is 0 Å². The smallest absolute Gasteiger partial charge is 0.166 e. The molecule has 8 aromatic carbocycles. The molecule has 0 amide bonds. The minimum Gasteiger partial charge on any atom is -0.308 e. The van der Waals surface area contributed by atoms with Gasteiger partial charge in [-0.3, -0.25) is 0 Å². The summed E-state index contributed by atoms with van der Waals surface area (Å²) in [5.41, 5.74) is 6.22. The van der Waals surface area contributed by atoms with Crippen molar-refractivity contribution in [2.75, 3.05) is 0 Å². The van der Waals surface area contributed by atoms with Crippen LogP contribution in [-0.2, 0) is 0 Å². The van der Waals surface area contributed by atoms with Crippen molar-refractivity contribution in [3.05, 3.63) is 170 Å². The van der Waals surface area contributed by atoms with Crippen LogP contribution in [0.4, 0.5) is 0 Å². The minimum absolute atomic E-state index is 0.639. The van der Waals surface area contributed by atoms with Gasteiger partial charge >= 0.3 is 0 Å². The van der Waals surface area contributed by atoms with Crippen LogP contribution in [0.15, 0.2) is 170 Å². The van der Waals surface area contributed by atoms with Crippen LogP contribution in [0.2, 0.25) is 0 Å². The zero-order valence-electron chi connectivity index (χ0n) is 27.9. The number of thiophene rings is 1. The Morgan fingerprint density at radius 3 is 1.92 bits per heavy atom. The zero-order valence-corrected chi connectivity index (χ0v) is 28.7. The molecule has 3 heterocycles. The van der Waals surface area contributed by atoms with E-state index in [-0.39, 0.29) is 0 Å². The van der Waals surface area contributed by atoms with Crippen LogP contribution in [0, 0.1) is 0 Å². The summed E-state index contributed by atoms with van der Waals surface area (Å²) < 4.78 is 4.82. The summed E-state index contributed by atoms with van der Waals surface area (Å²) in [5.74, 6) is 1.94. The van der Waals surface area contributed by atoms with Crippen molar-refractivity contribution in [2.24, 2.45) is 0 Å². The average Bonchev–Trinajstić information content (AvgIpc) is 3.75. The van der Waals surface area contributed by atoms with E-state index in [0.717, 1.165) is 44.2 Å². The summed E-state index contributed by atoms with van der Waals surface area (Å²) in [6.45, 7) is 0. The molecule has 0 aliphatic rings. The topological polar surface area (TPSA) is 43.6 Å². The van der Waals surface area contributed by atoms with Crippen LogP contribution in [0.5, 0.6) is 0 Å². The molecule has 0 saturated carbocycles. The van der Waals surface area contributed by atoms with E-state index in [1.165, 1.54) is 41.7 Å². The molecule has 0 aliphatic carbocycles. The lowest BCUT2D eigenvalue weighted by Crippen LogP contribution is -2.04. The highest BCUT2D eigenvalue weighted by Crippen LogP contribution is 2.42. The van der Waals surface area contributed by atoms with E-state index >= 15 is 0 Å². The van der Waals surface area contributed by atoms with Gasteiger partial charge in [-0.2, -0.15) is 0 Å². The fourth-order valence-electron chi connectivity index (χ4n) is 7.84. The number of aromatic nitrogens is 4. The molecule has 242 valence electrons. The van der Waals surface area contributed by atoms with E-state index in [9.17, 15) is 0 Å². The van der Waals surface area contributed by atoms with E-state index < -0.39 is 0 Å². The van der Waals surface area contributed by atoms with Gasteiger partial charge in [-0.1, -0.05) is 133 Å². The van der Waals surface area contributed by atoms with E-state index in [1.54, 1.807) is 11.3 Å². The van der Waals surface area contributed by atoms with Crippen LogP contribution in [-0.4, -0.2) is 19.5 Å². The molecule has 0 fully saturated rings. The van der Waals surface area contributed by atoms with Crippen LogP contribution >= 0.6 is 11.3 Å². The molecule has 0 aliphatic heterocycles. The predicted octanol–water partition coefficient (Wildman–Crippen LogP) is 12.6. The standard InChI is InChI=1S/C47H28N4S/c1-2-14-30(15-3-1)45-48-46(37-22-12-21-36-35-20-9-11-24-42(35)52-44(36)37)50-47(49-45)43-33-18-7-6-13-29(33)25-26-40(43)51-39-23-10-8-19-34(39)38-27-31-16-4-5-17-32(31)28-41(38)51/h1-28H. The Morgan fingerprint density at radius 2 is 1.06 bits per heavy atom. The maximum absolute atomic E-state index is 5.42. The molecule has 0 saturated heterocycles. The van der Waals surface area contributed by atoms with E-state index in [2.05, 4.69) is 156 Å². The molecule has 0 radical (unpaired) electrons. The summed E-state index contributed by atoms with van der Waals surface area (Å²) in [4.78, 5) is 15.9.